The van der Waals surface area contributed by atoms with E-state index in [9.17, 15) is 9.59 Å². The Morgan fingerprint density at radius 2 is 1.71 bits per heavy atom. The zero-order valence-corrected chi connectivity index (χ0v) is 17.3. The molecule has 2 aromatic carbocycles. The summed E-state index contributed by atoms with van der Waals surface area (Å²) in [6.07, 6.45) is 0. The van der Waals surface area contributed by atoms with Crippen LogP contribution in [0.1, 0.15) is 29.8 Å². The average Bonchev–Trinajstić information content (AvgIpc) is 2.70. The second-order valence-corrected chi connectivity index (χ2v) is 7.81. The van der Waals surface area contributed by atoms with Gasteiger partial charge < -0.3 is 15.1 Å². The molecule has 1 saturated heterocycles. The Bertz CT molecular complexity index is 874. The van der Waals surface area contributed by atoms with E-state index in [1.54, 1.807) is 12.1 Å². The molecule has 5 nitrogen and oxygen atoms in total. The molecule has 2 aromatic rings. The molecule has 0 aliphatic carbocycles. The maximum atomic E-state index is 12.7. The number of carbonyl (C=O) groups excluding carboxylic acids is 2. The molecule has 0 atom stereocenters. The van der Waals surface area contributed by atoms with Crippen LogP contribution in [0.15, 0.2) is 42.5 Å². The molecule has 3 rings (SSSR count). The summed E-state index contributed by atoms with van der Waals surface area (Å²) in [6, 6.07) is 13.1. The van der Waals surface area contributed by atoms with E-state index in [4.69, 9.17) is 11.6 Å². The molecule has 1 fully saturated rings. The lowest BCUT2D eigenvalue weighted by Gasteiger charge is -2.37. The number of para-hydroxylation sites is 2. The number of hydrogen-bond acceptors (Lipinski definition) is 3. The van der Waals surface area contributed by atoms with Gasteiger partial charge in [-0.3, -0.25) is 9.59 Å². The Kier molecular flexibility index (Phi) is 6.25. The molecule has 0 saturated carbocycles. The number of rotatable bonds is 4. The van der Waals surface area contributed by atoms with Crippen molar-refractivity contribution in [1.82, 2.24) is 4.90 Å². The van der Waals surface area contributed by atoms with E-state index in [1.807, 2.05) is 56.0 Å². The third kappa shape index (κ3) is 4.47. The molecule has 0 bridgehead atoms. The fraction of sp³-hybridized carbons (Fsp3) is 0.364. The summed E-state index contributed by atoms with van der Waals surface area (Å²) in [5, 5.41) is 3.58. The van der Waals surface area contributed by atoms with Crippen LogP contribution < -0.4 is 10.2 Å². The van der Waals surface area contributed by atoms with E-state index >= 15 is 0 Å². The molecule has 148 valence electrons. The third-order valence-electron chi connectivity index (χ3n) is 5.01. The summed E-state index contributed by atoms with van der Waals surface area (Å²) in [7, 11) is 0. The summed E-state index contributed by atoms with van der Waals surface area (Å²) in [6.45, 7) is 8.61. The molecule has 0 spiro atoms. The van der Waals surface area contributed by atoms with E-state index in [2.05, 4.69) is 10.2 Å². The number of halogens is 1. The van der Waals surface area contributed by atoms with Crippen LogP contribution in [0.5, 0.6) is 0 Å². The van der Waals surface area contributed by atoms with E-state index < -0.39 is 0 Å². The first-order valence-corrected chi connectivity index (χ1v) is 9.95. The molecule has 2 amide bonds. The Balaban J connectivity index is 1.72. The maximum Gasteiger partial charge on any atom is 0.255 e. The molecule has 1 heterocycles. The van der Waals surface area contributed by atoms with Gasteiger partial charge in [-0.05, 0) is 36.8 Å². The summed E-state index contributed by atoms with van der Waals surface area (Å²) < 4.78 is 0. The maximum absolute atomic E-state index is 12.7. The average molecular weight is 400 g/mol. The van der Waals surface area contributed by atoms with Crippen LogP contribution in [0.3, 0.4) is 0 Å². The smallest absolute Gasteiger partial charge is 0.255 e. The monoisotopic (exact) mass is 399 g/mol. The highest BCUT2D eigenvalue weighted by atomic mass is 35.5. The van der Waals surface area contributed by atoms with Gasteiger partial charge in [-0.15, -0.1) is 0 Å². The predicted octanol–water partition coefficient (Wildman–Crippen LogP) is 4.21. The van der Waals surface area contributed by atoms with Gasteiger partial charge in [0.1, 0.15) is 0 Å². The fourth-order valence-electron chi connectivity index (χ4n) is 3.32. The van der Waals surface area contributed by atoms with Crippen LogP contribution in [0, 0.1) is 12.8 Å². The van der Waals surface area contributed by atoms with Crippen LogP contribution in [0.4, 0.5) is 11.4 Å². The van der Waals surface area contributed by atoms with Gasteiger partial charge in [0.15, 0.2) is 0 Å². The Hall–Kier alpha value is -2.53. The number of nitrogens with zero attached hydrogens (tertiary/aromatic N) is 2. The van der Waals surface area contributed by atoms with Crippen molar-refractivity contribution in [3.63, 3.8) is 0 Å². The quantitative estimate of drug-likeness (QED) is 0.838. The molecule has 1 N–H and O–H groups in total. The minimum Gasteiger partial charge on any atom is -0.366 e. The first-order valence-electron chi connectivity index (χ1n) is 9.57. The second-order valence-electron chi connectivity index (χ2n) is 7.40. The van der Waals surface area contributed by atoms with Crippen LogP contribution in [0.2, 0.25) is 5.02 Å². The highest BCUT2D eigenvalue weighted by molar-refractivity contribution is 6.31. The number of hydrogen-bond donors (Lipinski definition) is 1. The lowest BCUT2D eigenvalue weighted by molar-refractivity contribution is -0.134. The van der Waals surface area contributed by atoms with E-state index in [0.717, 1.165) is 30.0 Å². The minimum atomic E-state index is -0.192. The zero-order valence-electron chi connectivity index (χ0n) is 16.5. The first kappa shape index (κ1) is 20.2. The standard InChI is InChI=1S/C22H26ClN3O2/c1-15(2)22(28)26-12-10-25(11-13-26)20-7-5-4-6-19(20)24-21(27)17-9-8-16(3)18(23)14-17/h4-9,14-15H,10-13H2,1-3H3,(H,24,27). The molecular formula is C22H26ClN3O2. The molecule has 0 unspecified atom stereocenters. The van der Waals surface area contributed by atoms with Crippen molar-refractivity contribution in [3.8, 4) is 0 Å². The highest BCUT2D eigenvalue weighted by Crippen LogP contribution is 2.28. The SMILES string of the molecule is Cc1ccc(C(=O)Nc2ccccc2N2CCN(C(=O)C(C)C)CC2)cc1Cl. The van der Waals surface area contributed by atoms with Crippen molar-refractivity contribution in [3.05, 3.63) is 58.6 Å². The van der Waals surface area contributed by atoms with Crippen LogP contribution in [-0.2, 0) is 4.79 Å². The van der Waals surface area contributed by atoms with Gasteiger partial charge >= 0.3 is 0 Å². The zero-order chi connectivity index (χ0) is 20.3. The van der Waals surface area contributed by atoms with Gasteiger partial charge in [0.05, 0.1) is 11.4 Å². The highest BCUT2D eigenvalue weighted by Gasteiger charge is 2.24. The van der Waals surface area contributed by atoms with Crippen molar-refractivity contribution in [1.29, 1.82) is 0 Å². The second kappa shape index (κ2) is 8.65. The largest absolute Gasteiger partial charge is 0.366 e. The normalized spacial score (nSPS) is 14.3. The Labute approximate surface area is 171 Å². The van der Waals surface area contributed by atoms with Crippen molar-refractivity contribution in [2.75, 3.05) is 36.4 Å². The van der Waals surface area contributed by atoms with Crippen molar-refractivity contribution in [2.24, 2.45) is 5.92 Å². The lowest BCUT2D eigenvalue weighted by atomic mass is 10.1. The minimum absolute atomic E-state index is 0.0134. The number of amides is 2. The van der Waals surface area contributed by atoms with E-state index in [-0.39, 0.29) is 17.7 Å². The molecule has 6 heteroatoms. The molecule has 1 aliphatic heterocycles. The van der Waals surface area contributed by atoms with E-state index in [1.165, 1.54) is 0 Å². The first-order chi connectivity index (χ1) is 13.4. The number of aryl methyl sites for hydroxylation is 1. The number of benzene rings is 2. The van der Waals surface area contributed by atoms with Gasteiger partial charge in [-0.25, -0.2) is 0 Å². The fourth-order valence-corrected chi connectivity index (χ4v) is 3.50. The molecule has 0 radical (unpaired) electrons. The summed E-state index contributed by atoms with van der Waals surface area (Å²) >= 11 is 6.15. The van der Waals surface area contributed by atoms with E-state index in [0.29, 0.717) is 23.7 Å². The molecule has 0 aromatic heterocycles. The van der Waals surface area contributed by atoms with Gasteiger partial charge in [0, 0.05) is 42.7 Å². The summed E-state index contributed by atoms with van der Waals surface area (Å²) in [4.78, 5) is 29.0. The number of piperazine rings is 1. The van der Waals surface area contributed by atoms with Crippen LogP contribution in [0.25, 0.3) is 0 Å². The van der Waals surface area contributed by atoms with Crippen LogP contribution >= 0.6 is 11.6 Å². The summed E-state index contributed by atoms with van der Waals surface area (Å²) in [5.74, 6) is 0.0138. The van der Waals surface area contributed by atoms with Crippen molar-refractivity contribution < 1.29 is 9.59 Å². The number of nitrogens with one attached hydrogen (secondary N) is 1. The summed E-state index contributed by atoms with van der Waals surface area (Å²) in [5.41, 5.74) is 3.18. The lowest BCUT2D eigenvalue weighted by Crippen LogP contribution is -2.50. The third-order valence-corrected chi connectivity index (χ3v) is 5.42. The predicted molar refractivity (Wildman–Crippen MR) is 114 cm³/mol. The molecule has 28 heavy (non-hydrogen) atoms. The van der Waals surface area contributed by atoms with Gasteiger partial charge in [-0.1, -0.05) is 43.6 Å². The van der Waals surface area contributed by atoms with Gasteiger partial charge in [0.2, 0.25) is 5.91 Å². The molecule has 1 aliphatic rings. The molecular weight excluding hydrogens is 374 g/mol. The van der Waals surface area contributed by atoms with Gasteiger partial charge in [-0.2, -0.15) is 0 Å². The Morgan fingerprint density at radius 3 is 2.36 bits per heavy atom. The Morgan fingerprint density at radius 1 is 1.04 bits per heavy atom. The van der Waals surface area contributed by atoms with Crippen LogP contribution in [-0.4, -0.2) is 42.9 Å². The van der Waals surface area contributed by atoms with Crippen molar-refractivity contribution >= 4 is 34.8 Å². The number of anilines is 2. The topological polar surface area (TPSA) is 52.7 Å². The number of carbonyl (C=O) groups is 2. The van der Waals surface area contributed by atoms with Crippen molar-refractivity contribution in [2.45, 2.75) is 20.8 Å². The van der Waals surface area contributed by atoms with Gasteiger partial charge in [0.25, 0.3) is 5.91 Å².